The number of rotatable bonds is 2. The first kappa shape index (κ1) is 19.7. The Kier molecular flexibility index (Phi) is 5.36. The van der Waals surface area contributed by atoms with Crippen molar-refractivity contribution in [1.29, 1.82) is 0 Å². The number of ether oxygens (including phenoxy) is 2. The second-order valence-electron chi connectivity index (χ2n) is 7.29. The highest BCUT2D eigenvalue weighted by atomic mass is 35.5. The van der Waals surface area contributed by atoms with Gasteiger partial charge in [0, 0.05) is 25.0 Å². The molecule has 7 nitrogen and oxygen atoms in total. The van der Waals surface area contributed by atoms with E-state index in [2.05, 4.69) is 39.5 Å². The summed E-state index contributed by atoms with van der Waals surface area (Å²) in [6, 6.07) is 16.3. The van der Waals surface area contributed by atoms with E-state index in [9.17, 15) is 0 Å². The Morgan fingerprint density at radius 1 is 1.03 bits per heavy atom. The lowest BCUT2D eigenvalue weighted by molar-refractivity contribution is 0.123. The summed E-state index contributed by atoms with van der Waals surface area (Å²) in [5.74, 6) is 1.71. The Morgan fingerprint density at radius 3 is 2.71 bits per heavy atom. The molecule has 1 saturated heterocycles. The lowest BCUT2D eigenvalue weighted by atomic mass is 10.1. The van der Waals surface area contributed by atoms with Gasteiger partial charge in [-0.05, 0) is 41.1 Å². The first-order valence-electron chi connectivity index (χ1n) is 10.1. The number of halogens is 1. The highest BCUT2D eigenvalue weighted by molar-refractivity contribution is 6.48. The molecule has 6 bridgehead atoms. The minimum Gasteiger partial charge on any atom is -0.494 e. The van der Waals surface area contributed by atoms with E-state index in [0.717, 1.165) is 48.3 Å². The van der Waals surface area contributed by atoms with Gasteiger partial charge in [0.25, 0.3) is 0 Å². The number of nitrogens with zero attached hydrogens (tertiary/aromatic N) is 3. The quantitative estimate of drug-likeness (QED) is 0.612. The number of aromatic amines is 1. The molecular weight excluding hydrogens is 414 g/mol. The van der Waals surface area contributed by atoms with E-state index in [1.807, 2.05) is 24.3 Å². The van der Waals surface area contributed by atoms with Gasteiger partial charge in [-0.1, -0.05) is 29.8 Å². The molecule has 2 aliphatic rings. The average molecular weight is 436 g/mol. The van der Waals surface area contributed by atoms with Gasteiger partial charge in [-0.2, -0.15) is 0 Å². The van der Waals surface area contributed by atoms with Gasteiger partial charge < -0.3 is 24.7 Å². The molecule has 0 radical (unpaired) electrons. The van der Waals surface area contributed by atoms with Gasteiger partial charge in [-0.15, -0.1) is 0 Å². The zero-order valence-electron chi connectivity index (χ0n) is 17.1. The van der Waals surface area contributed by atoms with Crippen molar-refractivity contribution in [3.05, 3.63) is 60.6 Å². The van der Waals surface area contributed by atoms with Gasteiger partial charge in [0.2, 0.25) is 5.95 Å². The van der Waals surface area contributed by atoms with Crippen molar-refractivity contribution >= 4 is 50.1 Å². The van der Waals surface area contributed by atoms with Crippen molar-refractivity contribution < 1.29 is 9.47 Å². The molecule has 2 N–H and O–H groups in total. The fourth-order valence-corrected chi connectivity index (χ4v) is 3.86. The van der Waals surface area contributed by atoms with Crippen molar-refractivity contribution in [3.8, 4) is 5.75 Å². The van der Waals surface area contributed by atoms with E-state index in [1.165, 1.54) is 0 Å². The molecule has 0 aliphatic carbocycles. The van der Waals surface area contributed by atoms with Crippen LogP contribution in [0.5, 0.6) is 5.75 Å². The number of aromatic nitrogens is 3. The normalized spacial score (nSPS) is 15.2. The van der Waals surface area contributed by atoms with Crippen molar-refractivity contribution in [2.24, 2.45) is 0 Å². The first-order chi connectivity index (χ1) is 15.2. The van der Waals surface area contributed by atoms with Crippen LogP contribution in [0.4, 0.5) is 11.6 Å². The zero-order chi connectivity index (χ0) is 21.2. The standard InChI is InChI=1S/C23H22ClN5O2/c1-30-21-7-3-15-2-4-16-13-17(5-6-20(16)29-8-10-31-11-9-29)26-23-25-14-18(24)22(28-23)27-19(21)12-15/h2-7,12-14H,8-11H2,1H3,(H2,25,26,27,28). The fraction of sp³-hybridized carbons (Fsp3) is 0.217. The monoisotopic (exact) mass is 435 g/mol. The zero-order valence-corrected chi connectivity index (χ0v) is 17.8. The number of anilines is 2. The number of H-pyrrole nitrogens is 1. The number of morpholine rings is 1. The van der Waals surface area contributed by atoms with E-state index in [1.54, 1.807) is 13.3 Å². The minimum absolute atomic E-state index is 0.458. The van der Waals surface area contributed by atoms with Crippen LogP contribution in [0.2, 0.25) is 0 Å². The molecular formula is C23H22ClN5O2. The highest BCUT2D eigenvalue weighted by Gasteiger charge is 2.13. The Balaban J connectivity index is 1.81. The third-order valence-electron chi connectivity index (χ3n) is 5.29. The van der Waals surface area contributed by atoms with Crippen LogP contribution in [-0.4, -0.2) is 48.4 Å². The summed E-state index contributed by atoms with van der Waals surface area (Å²) in [6.07, 6.45) is 1.67. The molecule has 158 valence electrons. The Bertz CT molecular complexity index is 1260. The van der Waals surface area contributed by atoms with Crippen molar-refractivity contribution in [2.75, 3.05) is 43.6 Å². The van der Waals surface area contributed by atoms with E-state index < -0.39 is 0 Å². The second-order valence-corrected chi connectivity index (χ2v) is 7.70. The Morgan fingerprint density at radius 2 is 1.87 bits per heavy atom. The summed E-state index contributed by atoms with van der Waals surface area (Å²) in [5, 5.41) is 5.63. The second kappa shape index (κ2) is 8.45. The SMILES string of the molecule is COc1ccc2ccc3cc(ccc3N3CCOCC3)nc3[nH]c(nc1c2)C(Cl)=CN3. The van der Waals surface area contributed by atoms with Gasteiger partial charge in [0.1, 0.15) is 11.3 Å². The van der Waals surface area contributed by atoms with Crippen LogP contribution in [0.25, 0.3) is 26.8 Å². The van der Waals surface area contributed by atoms with E-state index in [0.29, 0.717) is 28.1 Å². The molecule has 0 amide bonds. The number of nitrogens with one attached hydrogen (secondary N) is 2. The van der Waals surface area contributed by atoms with Gasteiger partial charge in [0.05, 0.1) is 30.9 Å². The molecule has 0 spiro atoms. The molecule has 1 fully saturated rings. The summed E-state index contributed by atoms with van der Waals surface area (Å²) in [6.45, 7) is 3.20. The Hall–Kier alpha value is -3.29. The maximum Gasteiger partial charge on any atom is 0.206 e. The van der Waals surface area contributed by atoms with Crippen molar-refractivity contribution in [1.82, 2.24) is 15.0 Å². The fourth-order valence-electron chi connectivity index (χ4n) is 3.72. The van der Waals surface area contributed by atoms with Crippen LogP contribution in [0.15, 0.2) is 54.7 Å². The summed E-state index contributed by atoms with van der Waals surface area (Å²) < 4.78 is 11.0. The van der Waals surface area contributed by atoms with Crippen LogP contribution < -0.4 is 15.0 Å². The molecule has 8 heteroatoms. The number of hydrogen-bond donors (Lipinski definition) is 2. The van der Waals surface area contributed by atoms with Crippen LogP contribution in [-0.2, 0) is 4.74 Å². The van der Waals surface area contributed by atoms with Crippen LogP contribution in [0.3, 0.4) is 0 Å². The highest BCUT2D eigenvalue weighted by Crippen LogP contribution is 2.26. The maximum absolute atomic E-state index is 6.37. The van der Waals surface area contributed by atoms with E-state index in [4.69, 9.17) is 31.0 Å². The van der Waals surface area contributed by atoms with E-state index >= 15 is 0 Å². The number of methoxy groups -OCH3 is 1. The molecule has 0 unspecified atom stereocenters. The molecule has 2 aliphatic heterocycles. The molecule has 0 atom stereocenters. The molecule has 1 aromatic heterocycles. The molecule has 3 heterocycles. The Labute approximate surface area is 184 Å². The molecule has 3 aromatic rings. The molecule has 5 rings (SSSR count). The molecule has 2 aromatic carbocycles. The summed E-state index contributed by atoms with van der Waals surface area (Å²) in [5.41, 5.74) is 2.66. The van der Waals surface area contributed by atoms with Crippen molar-refractivity contribution in [3.63, 3.8) is 0 Å². The minimum atomic E-state index is 0.458. The lowest BCUT2D eigenvalue weighted by Gasteiger charge is -2.29. The van der Waals surface area contributed by atoms with Gasteiger partial charge in [-0.3, -0.25) is 0 Å². The topological polar surface area (TPSA) is 75.3 Å². The largest absolute Gasteiger partial charge is 0.494 e. The van der Waals surface area contributed by atoms with Crippen LogP contribution in [0.1, 0.15) is 5.82 Å². The summed E-state index contributed by atoms with van der Waals surface area (Å²) in [4.78, 5) is 14.9. The van der Waals surface area contributed by atoms with E-state index in [-0.39, 0.29) is 0 Å². The maximum atomic E-state index is 6.37. The van der Waals surface area contributed by atoms with Gasteiger partial charge in [0.15, 0.2) is 5.82 Å². The van der Waals surface area contributed by atoms with Crippen LogP contribution >= 0.6 is 11.6 Å². The summed E-state index contributed by atoms with van der Waals surface area (Å²) >= 11 is 6.37. The number of hydrogen-bond acceptors (Lipinski definition) is 6. The van der Waals surface area contributed by atoms with Gasteiger partial charge in [-0.25, -0.2) is 9.97 Å². The van der Waals surface area contributed by atoms with Crippen LogP contribution in [0, 0.1) is 0 Å². The molecule has 0 saturated carbocycles. The summed E-state index contributed by atoms with van der Waals surface area (Å²) in [7, 11) is 1.63. The first-order valence-corrected chi connectivity index (χ1v) is 10.5. The predicted molar refractivity (Wildman–Crippen MR) is 125 cm³/mol. The predicted octanol–water partition coefficient (Wildman–Crippen LogP) is 4.61. The van der Waals surface area contributed by atoms with Gasteiger partial charge >= 0.3 is 0 Å². The third-order valence-corrected chi connectivity index (χ3v) is 5.58. The molecule has 31 heavy (non-hydrogen) atoms. The smallest absolute Gasteiger partial charge is 0.206 e. The average Bonchev–Trinajstić information content (AvgIpc) is 2.81. The lowest BCUT2D eigenvalue weighted by Crippen LogP contribution is -2.36. The third kappa shape index (κ3) is 4.15. The number of fused-ring (bicyclic) bond motifs is 6. The number of benzene rings is 2. The van der Waals surface area contributed by atoms with Crippen molar-refractivity contribution in [2.45, 2.75) is 0 Å².